The fourth-order valence-electron chi connectivity index (χ4n) is 1.90. The van der Waals surface area contributed by atoms with Gasteiger partial charge in [-0.25, -0.2) is 4.21 Å². The number of thiophene rings is 1. The highest BCUT2D eigenvalue weighted by atomic mass is 32.2. The molecule has 1 atom stereocenters. The third-order valence-electron chi connectivity index (χ3n) is 2.63. The number of nitrogens with zero attached hydrogens (tertiary/aromatic N) is 1. The second kappa shape index (κ2) is 6.57. The predicted octanol–water partition coefficient (Wildman–Crippen LogP) is 1.37. The van der Waals surface area contributed by atoms with Crippen LogP contribution in [0.1, 0.15) is 39.5 Å². The zero-order chi connectivity index (χ0) is 15.7. The van der Waals surface area contributed by atoms with Crippen molar-refractivity contribution in [2.24, 2.45) is 5.92 Å². The molecule has 1 unspecified atom stereocenters. The van der Waals surface area contributed by atoms with E-state index in [0.29, 0.717) is 10.9 Å². The molecule has 5 nitrogen and oxygen atoms in total. The Morgan fingerprint density at radius 1 is 1.40 bits per heavy atom. The molecule has 1 heterocycles. The molecule has 0 bridgehead atoms. The van der Waals surface area contributed by atoms with Crippen molar-refractivity contribution in [1.82, 2.24) is 0 Å². The maximum Gasteiger partial charge on any atom is 0.491 e. The summed E-state index contributed by atoms with van der Waals surface area (Å²) >= 11 is -0.896. The highest BCUT2D eigenvalue weighted by molar-refractivity contribution is 7.81. The summed E-state index contributed by atoms with van der Waals surface area (Å²) < 4.78 is 22.5. The molecule has 20 heavy (non-hydrogen) atoms. The lowest BCUT2D eigenvalue weighted by Crippen LogP contribution is -2.46. The zero-order valence-corrected chi connectivity index (χ0v) is 14.1. The molecule has 0 aliphatic heterocycles. The highest BCUT2D eigenvalue weighted by Crippen LogP contribution is 2.32. The molecule has 0 aliphatic rings. The minimum Gasteiger partial charge on any atom is -0.423 e. The van der Waals surface area contributed by atoms with Gasteiger partial charge in [-0.15, -0.1) is 11.3 Å². The van der Waals surface area contributed by atoms with Gasteiger partial charge in [-0.05, 0) is 39.2 Å². The van der Waals surface area contributed by atoms with E-state index in [0.717, 1.165) is 11.3 Å². The molecule has 1 rings (SSSR count). The van der Waals surface area contributed by atoms with E-state index in [9.17, 15) is 18.8 Å². The van der Waals surface area contributed by atoms with Crippen LogP contribution in [0.25, 0.3) is 0 Å². The summed E-state index contributed by atoms with van der Waals surface area (Å²) in [5.74, 6) is 0.424. The lowest BCUT2D eigenvalue weighted by molar-refractivity contribution is 0.426. The normalized spacial score (nSPS) is 13.7. The van der Waals surface area contributed by atoms with E-state index in [-0.39, 0.29) is 5.46 Å². The number of rotatable bonds is 5. The molecule has 1 aromatic heterocycles. The van der Waals surface area contributed by atoms with Crippen LogP contribution in [0, 0.1) is 5.92 Å². The smallest absolute Gasteiger partial charge is 0.423 e. The van der Waals surface area contributed by atoms with Gasteiger partial charge >= 0.3 is 7.12 Å². The molecule has 1 aromatic rings. The third-order valence-corrected chi connectivity index (χ3v) is 4.95. The Morgan fingerprint density at radius 3 is 2.30 bits per heavy atom. The molecule has 114 valence electrons. The van der Waals surface area contributed by atoms with Crippen molar-refractivity contribution in [1.29, 1.82) is 0 Å². The van der Waals surface area contributed by atoms with Gasteiger partial charge < -0.3 is 10.0 Å². The molecular formula is C12H22BNO4S2. The van der Waals surface area contributed by atoms with Crippen molar-refractivity contribution >= 4 is 40.2 Å². The molecule has 0 saturated carbocycles. The fraction of sp³-hybridized carbons (Fsp3) is 0.667. The Bertz CT molecular complexity index is 482. The fourth-order valence-corrected chi connectivity index (χ4v) is 4.41. The summed E-state index contributed by atoms with van der Waals surface area (Å²) in [6.07, 6.45) is 0.792. The van der Waals surface area contributed by atoms with E-state index in [1.165, 1.54) is 15.6 Å². The minimum absolute atomic E-state index is 0.281. The van der Waals surface area contributed by atoms with Crippen molar-refractivity contribution in [3.05, 3.63) is 10.9 Å². The average Bonchev–Trinajstić information content (AvgIpc) is 2.57. The molecule has 8 heteroatoms. The van der Waals surface area contributed by atoms with Crippen molar-refractivity contribution in [3.8, 4) is 0 Å². The zero-order valence-electron chi connectivity index (χ0n) is 12.5. The molecule has 0 fully saturated rings. The van der Waals surface area contributed by atoms with E-state index in [1.807, 2.05) is 0 Å². The molecule has 0 aliphatic carbocycles. The minimum atomic E-state index is -2.23. The van der Waals surface area contributed by atoms with Crippen molar-refractivity contribution < 1.29 is 18.8 Å². The first-order valence-electron chi connectivity index (χ1n) is 6.44. The monoisotopic (exact) mass is 319 g/mol. The van der Waals surface area contributed by atoms with E-state index >= 15 is 0 Å². The average molecular weight is 319 g/mol. The maximum absolute atomic E-state index is 11.6. The molecule has 0 radical (unpaired) electrons. The molecular weight excluding hydrogens is 297 g/mol. The highest BCUT2D eigenvalue weighted by Gasteiger charge is 2.33. The van der Waals surface area contributed by atoms with Crippen LogP contribution in [0.2, 0.25) is 0 Å². The Labute approximate surface area is 127 Å². The maximum atomic E-state index is 11.6. The molecule has 0 amide bonds. The Balaban J connectivity index is 3.32. The van der Waals surface area contributed by atoms with E-state index in [1.54, 1.807) is 26.8 Å². The van der Waals surface area contributed by atoms with Crippen molar-refractivity contribution in [2.75, 3.05) is 4.31 Å². The van der Waals surface area contributed by atoms with Gasteiger partial charge in [0.1, 0.15) is 5.00 Å². The van der Waals surface area contributed by atoms with Crippen LogP contribution in [-0.2, 0) is 17.7 Å². The second-order valence-electron chi connectivity index (χ2n) is 6.14. The largest absolute Gasteiger partial charge is 0.491 e. The quantitative estimate of drug-likeness (QED) is 0.565. The predicted molar refractivity (Wildman–Crippen MR) is 85.7 cm³/mol. The van der Waals surface area contributed by atoms with Gasteiger partial charge in [-0.2, -0.15) is 0 Å². The van der Waals surface area contributed by atoms with Crippen LogP contribution in [0.3, 0.4) is 0 Å². The van der Waals surface area contributed by atoms with Crippen LogP contribution in [0.15, 0.2) is 6.07 Å². The number of hydrogen-bond donors (Lipinski definition) is 3. The van der Waals surface area contributed by atoms with Gasteiger partial charge in [0.2, 0.25) is 0 Å². The van der Waals surface area contributed by atoms with E-state index < -0.39 is 23.9 Å². The Kier molecular flexibility index (Phi) is 5.80. The number of hydrogen-bond acceptors (Lipinski definition) is 4. The molecule has 0 spiro atoms. The van der Waals surface area contributed by atoms with Crippen LogP contribution >= 0.6 is 11.3 Å². The first-order chi connectivity index (χ1) is 9.04. The van der Waals surface area contributed by atoms with Gasteiger partial charge in [0.15, 0.2) is 0 Å². The molecule has 0 aromatic carbocycles. The van der Waals surface area contributed by atoms with Crippen molar-refractivity contribution in [3.63, 3.8) is 0 Å². The lowest BCUT2D eigenvalue weighted by Gasteiger charge is -2.33. The standard InChI is InChI=1S/C12H22BNO4S2/c1-8(2)6-9-7-10(13(15)16)11(19-9)14(20(17)18)12(3,4)5/h7-8,15-16H,6H2,1-5H3,(H,17,18). The SMILES string of the molecule is CC(C)Cc1cc(B(O)O)c(N(S(=O)O)C(C)(C)C)s1. The van der Waals surface area contributed by atoms with Gasteiger partial charge in [-0.3, -0.25) is 8.86 Å². The van der Waals surface area contributed by atoms with Crippen molar-refractivity contribution in [2.45, 2.75) is 46.6 Å². The van der Waals surface area contributed by atoms with Crippen LogP contribution < -0.4 is 9.77 Å². The summed E-state index contributed by atoms with van der Waals surface area (Å²) in [5.41, 5.74) is -0.327. The second-order valence-corrected chi connectivity index (χ2v) is 8.08. The van der Waals surface area contributed by atoms with Gasteiger partial charge in [0.05, 0.1) is 0 Å². The molecule has 3 N–H and O–H groups in total. The first kappa shape index (κ1) is 17.6. The van der Waals surface area contributed by atoms with Crippen LogP contribution in [0.4, 0.5) is 5.00 Å². The third kappa shape index (κ3) is 4.29. The van der Waals surface area contributed by atoms with Crippen LogP contribution in [-0.4, -0.2) is 31.5 Å². The first-order valence-corrected chi connectivity index (χ1v) is 8.32. The molecule has 0 saturated heterocycles. The summed E-state index contributed by atoms with van der Waals surface area (Å²) in [4.78, 5) is 0.970. The summed E-state index contributed by atoms with van der Waals surface area (Å²) in [6.45, 7) is 9.55. The van der Waals surface area contributed by atoms with Gasteiger partial charge in [0, 0.05) is 15.9 Å². The van der Waals surface area contributed by atoms with Crippen LogP contribution in [0.5, 0.6) is 0 Å². The van der Waals surface area contributed by atoms with E-state index in [4.69, 9.17) is 0 Å². The Hall–Kier alpha value is -0.405. The number of anilines is 1. The summed E-state index contributed by atoms with van der Waals surface area (Å²) in [5, 5.41) is 19.4. The van der Waals surface area contributed by atoms with E-state index in [2.05, 4.69) is 13.8 Å². The summed E-state index contributed by atoms with van der Waals surface area (Å²) in [6, 6.07) is 1.70. The lowest BCUT2D eigenvalue weighted by atomic mass is 9.81. The summed E-state index contributed by atoms with van der Waals surface area (Å²) in [7, 11) is -1.66. The topological polar surface area (TPSA) is 81.0 Å². The van der Waals surface area contributed by atoms with Gasteiger partial charge in [-0.1, -0.05) is 13.8 Å². The Morgan fingerprint density at radius 2 is 1.95 bits per heavy atom. The van der Waals surface area contributed by atoms with Gasteiger partial charge in [0.25, 0.3) is 11.3 Å².